The van der Waals surface area contributed by atoms with E-state index >= 15 is 13.3 Å². The third kappa shape index (κ3) is 16.6. The summed E-state index contributed by atoms with van der Waals surface area (Å²) >= 11 is 0. The molecule has 0 spiro atoms. The van der Waals surface area contributed by atoms with Crippen molar-refractivity contribution in [2.24, 2.45) is 0 Å². The summed E-state index contributed by atoms with van der Waals surface area (Å²) in [7, 11) is -7.64. The van der Waals surface area contributed by atoms with Crippen molar-refractivity contribution < 1.29 is 40.9 Å². The summed E-state index contributed by atoms with van der Waals surface area (Å²) in [6.45, 7) is 21.5. The van der Waals surface area contributed by atoms with Gasteiger partial charge in [0.05, 0.1) is 19.8 Å². The van der Waals surface area contributed by atoms with Crippen LogP contribution in [0, 0.1) is 0 Å². The number of amides is 1. The Morgan fingerprint density at radius 2 is 1.04 bits per heavy atom. The highest BCUT2D eigenvalue weighted by molar-refractivity contribution is 7.48. The van der Waals surface area contributed by atoms with Gasteiger partial charge in [-0.3, -0.25) is 22.9 Å². The van der Waals surface area contributed by atoms with E-state index in [1.54, 1.807) is 0 Å². The summed E-state index contributed by atoms with van der Waals surface area (Å²) < 4.78 is 82.4. The number of aromatic nitrogens is 2. The number of alkyl halides is 2. The van der Waals surface area contributed by atoms with Crippen LogP contribution in [-0.2, 0) is 32.1 Å². The lowest BCUT2D eigenvalue weighted by Gasteiger charge is -2.40. The molecular formula is C70H88F2N3O8PSi. The molecule has 5 aromatic rings. The molecule has 1 aromatic heterocycles. The summed E-state index contributed by atoms with van der Waals surface area (Å²) in [5, 5.41) is 2.15. The molecule has 2 heterocycles. The third-order valence-corrected chi connectivity index (χ3v) is 23.0. The Labute approximate surface area is 504 Å². The molecule has 11 nitrogen and oxygen atoms in total. The number of hydrogen-bond acceptors (Lipinski definition) is 9. The van der Waals surface area contributed by atoms with Crippen molar-refractivity contribution in [3.8, 4) is 22.3 Å². The van der Waals surface area contributed by atoms with E-state index in [9.17, 15) is 9.59 Å². The summed E-state index contributed by atoms with van der Waals surface area (Å²) in [5.41, 5.74) is 13.6. The molecule has 15 heteroatoms. The lowest BCUT2D eigenvalue weighted by Crippen LogP contribution is -2.52. The molecule has 4 aromatic carbocycles. The Balaban J connectivity index is 0.910. The first-order chi connectivity index (χ1) is 40.4. The molecule has 85 heavy (non-hydrogen) atoms. The van der Waals surface area contributed by atoms with Crippen LogP contribution >= 0.6 is 7.82 Å². The molecular weight excluding hydrogens is 1110 g/mol. The van der Waals surface area contributed by atoms with Crippen LogP contribution in [0.4, 0.5) is 14.6 Å². The number of unbranched alkanes of at least 4 members (excludes halogenated alkanes) is 1. The highest BCUT2D eigenvalue weighted by atomic mass is 31.2. The standard InChI is InChI=1S/C70H88F2N3O8PSi/c1-48(2)25-22-28-51(5)31-23-29-49(3)26-12-13-27-50(4)30-24-32-52(6)41-42-65(76)73-64-43-44-75(68(77)74-64)67-70(71,72)66(83-85(10,11)69(7,8)9)63(82-67)47-81-84(78,79-45-61-57-37-18-14-33-53(57)54-34-15-19-38-58(54)61)80-46-62-59-39-20-16-35-55(59)56-36-17-21-40-60(56)62/h14-21,25-27,31-40,43-44,61-63,66-67H,12-13,22-24,28-30,41-42,45-47H2,1-11H3,(H,73,74,76,77)/b49-26+,50-27+,51-31+,52-32+/t63-,66-,67-/m1/s1. The second kappa shape index (κ2) is 28.7. The quantitative estimate of drug-likeness (QED) is 0.0225. The van der Waals surface area contributed by atoms with Gasteiger partial charge in [0.1, 0.15) is 18.0 Å². The number of nitrogens with zero attached hydrogens (tertiary/aromatic N) is 2. The fourth-order valence-corrected chi connectivity index (χ4v) is 13.7. The number of allylic oxidation sites excluding steroid dienone is 10. The zero-order valence-corrected chi connectivity index (χ0v) is 53.6. The first kappa shape index (κ1) is 65.0. The molecule has 1 aliphatic heterocycles. The predicted octanol–water partition coefficient (Wildman–Crippen LogP) is 18.5. The van der Waals surface area contributed by atoms with Crippen molar-refractivity contribution in [2.45, 2.75) is 181 Å². The maximum atomic E-state index is 17.3. The van der Waals surface area contributed by atoms with Crippen molar-refractivity contribution >= 4 is 27.9 Å². The van der Waals surface area contributed by atoms with E-state index < -0.39 is 57.8 Å². The van der Waals surface area contributed by atoms with E-state index in [0.29, 0.717) is 11.0 Å². The maximum Gasteiger partial charge on any atom is 0.474 e. The first-order valence-corrected chi connectivity index (χ1v) is 34.6. The van der Waals surface area contributed by atoms with E-state index in [4.69, 9.17) is 22.7 Å². The number of fused-ring (bicyclic) bond motifs is 6. The maximum absolute atomic E-state index is 17.3. The molecule has 2 aliphatic carbocycles. The van der Waals surface area contributed by atoms with Gasteiger partial charge in [-0.2, -0.15) is 13.8 Å². The van der Waals surface area contributed by atoms with E-state index in [1.165, 1.54) is 28.4 Å². The van der Waals surface area contributed by atoms with Gasteiger partial charge < -0.3 is 14.5 Å². The van der Waals surface area contributed by atoms with E-state index in [-0.39, 0.29) is 43.2 Å². The molecule has 0 radical (unpaired) electrons. The minimum absolute atomic E-state index is 0.0816. The molecule has 1 N–H and O–H groups in total. The molecule has 0 unspecified atom stereocenters. The average Bonchev–Trinajstić information content (AvgIpc) is 1.77. The summed E-state index contributed by atoms with van der Waals surface area (Å²) in [6, 6.07) is 33.1. The van der Waals surface area contributed by atoms with Gasteiger partial charge in [-0.1, -0.05) is 176 Å². The van der Waals surface area contributed by atoms with Gasteiger partial charge in [0.25, 0.3) is 0 Å². The van der Waals surface area contributed by atoms with Gasteiger partial charge in [-0.05, 0) is 168 Å². The number of benzene rings is 4. The minimum atomic E-state index is -4.64. The Hall–Kier alpha value is -5.96. The van der Waals surface area contributed by atoms with Crippen LogP contribution in [0.2, 0.25) is 18.1 Å². The number of hydrogen-bond donors (Lipinski definition) is 1. The number of carbonyl (C=O) groups is 1. The monoisotopic (exact) mass is 1200 g/mol. The summed E-state index contributed by atoms with van der Waals surface area (Å²) in [5.74, 6) is -4.97. The van der Waals surface area contributed by atoms with Crippen LogP contribution in [0.15, 0.2) is 172 Å². The Morgan fingerprint density at radius 3 is 1.47 bits per heavy atom. The minimum Gasteiger partial charge on any atom is -0.405 e. The topological polar surface area (TPSA) is 127 Å². The molecule has 8 rings (SSSR count). The second-order valence-corrected chi connectivity index (χ2v) is 31.4. The van der Waals surface area contributed by atoms with Crippen LogP contribution in [0.25, 0.3) is 22.3 Å². The molecule has 454 valence electrons. The van der Waals surface area contributed by atoms with Crippen LogP contribution in [-0.4, -0.2) is 61.7 Å². The Bertz CT molecular complexity index is 3230. The van der Waals surface area contributed by atoms with Crippen LogP contribution in [0.3, 0.4) is 0 Å². The number of ether oxygens (including phenoxy) is 1. The Kier molecular flexibility index (Phi) is 22.0. The van der Waals surface area contributed by atoms with Crippen molar-refractivity contribution in [3.05, 3.63) is 200 Å². The largest absolute Gasteiger partial charge is 0.474 e. The first-order valence-electron chi connectivity index (χ1n) is 30.2. The smallest absolute Gasteiger partial charge is 0.405 e. The van der Waals surface area contributed by atoms with Gasteiger partial charge in [0, 0.05) is 24.5 Å². The van der Waals surface area contributed by atoms with Crippen molar-refractivity contribution in [3.63, 3.8) is 0 Å². The number of nitrogens with one attached hydrogen (secondary N) is 1. The zero-order valence-electron chi connectivity index (χ0n) is 51.7. The number of rotatable bonds is 28. The predicted molar refractivity (Wildman–Crippen MR) is 342 cm³/mol. The van der Waals surface area contributed by atoms with Gasteiger partial charge in [0.2, 0.25) is 12.1 Å². The number of phosphoric ester groups is 1. The summed E-state index contributed by atoms with van der Waals surface area (Å²) in [4.78, 5) is 31.0. The third-order valence-electron chi connectivity index (χ3n) is 17.1. The molecule has 1 saturated heterocycles. The lowest BCUT2D eigenvalue weighted by molar-refractivity contribution is -0.138. The van der Waals surface area contributed by atoms with Crippen molar-refractivity contribution in [2.75, 3.05) is 25.1 Å². The van der Waals surface area contributed by atoms with Gasteiger partial charge in [-0.25, -0.2) is 9.36 Å². The molecule has 3 atom stereocenters. The SMILES string of the molecule is CC(C)=CCC/C(C)=C/CC/C(C)=C/CC/C=C(\C)CC/C=C(\C)CCC(=O)Nc1ccn([C@@H]2O[C@H](COP(=O)(OCC3c4ccccc4-c4ccccc43)OCC3c4ccccc4-c4ccccc43)[C@@H](O[Si](C)(C)C(C)(C)C)C2(F)F)c(=O)n1. The van der Waals surface area contributed by atoms with Crippen LogP contribution in [0.1, 0.15) is 167 Å². The Morgan fingerprint density at radius 1 is 0.624 bits per heavy atom. The molecule has 1 fully saturated rings. The fraction of sp³-hybridized carbons (Fsp3) is 0.443. The van der Waals surface area contributed by atoms with Crippen LogP contribution < -0.4 is 11.0 Å². The van der Waals surface area contributed by atoms with Gasteiger partial charge in [-0.15, -0.1) is 0 Å². The number of carbonyl (C=O) groups excluding carboxylic acids is 1. The number of halogens is 2. The second-order valence-electron chi connectivity index (χ2n) is 25.0. The molecule has 1 amide bonds. The fourth-order valence-electron chi connectivity index (χ4n) is 11.2. The summed E-state index contributed by atoms with van der Waals surface area (Å²) in [6.07, 6.45) is 15.7. The number of anilines is 1. The highest BCUT2D eigenvalue weighted by Crippen LogP contribution is 2.57. The van der Waals surface area contributed by atoms with E-state index in [1.807, 2.05) is 138 Å². The normalized spacial score (nSPS) is 18.3. The average molecular weight is 1200 g/mol. The van der Waals surface area contributed by atoms with Gasteiger partial charge >= 0.3 is 19.4 Å². The molecule has 0 bridgehead atoms. The molecule has 3 aliphatic rings. The van der Waals surface area contributed by atoms with Crippen molar-refractivity contribution in [1.29, 1.82) is 0 Å². The van der Waals surface area contributed by atoms with E-state index in [2.05, 4.69) is 75.3 Å². The highest BCUT2D eigenvalue weighted by Gasteiger charge is 2.63. The lowest BCUT2D eigenvalue weighted by atomic mass is 9.98. The van der Waals surface area contributed by atoms with Crippen molar-refractivity contribution in [1.82, 2.24) is 9.55 Å². The number of phosphoric acid groups is 1. The van der Waals surface area contributed by atoms with E-state index in [0.717, 1.165) is 108 Å². The molecule has 0 saturated carbocycles. The van der Waals surface area contributed by atoms with Gasteiger partial charge in [0.15, 0.2) is 8.32 Å². The zero-order chi connectivity index (χ0) is 61.1. The van der Waals surface area contributed by atoms with Crippen LogP contribution in [0.5, 0.6) is 0 Å².